The zero-order valence-electron chi connectivity index (χ0n) is 15.5. The first-order chi connectivity index (χ1) is 13.9. The molecule has 3 aromatic rings. The van der Waals surface area contributed by atoms with E-state index in [4.69, 9.17) is 4.74 Å². The fraction of sp³-hybridized carbons (Fsp3) is 0.0909. The van der Waals surface area contributed by atoms with E-state index >= 15 is 0 Å². The predicted octanol–water partition coefficient (Wildman–Crippen LogP) is 2.95. The molecule has 0 unspecified atom stereocenters. The molecule has 0 aliphatic heterocycles. The molecule has 1 aliphatic rings. The van der Waals surface area contributed by atoms with Crippen molar-refractivity contribution in [2.45, 2.75) is 11.4 Å². The lowest BCUT2D eigenvalue weighted by molar-refractivity contribution is 0.0976. The molecule has 1 aliphatic carbocycles. The van der Waals surface area contributed by atoms with Crippen LogP contribution in [0.1, 0.15) is 37.4 Å². The Balaban J connectivity index is 1.72. The summed E-state index contributed by atoms with van der Waals surface area (Å²) in [6.07, 6.45) is 0. The molecule has 0 aromatic heterocycles. The molecular formula is C22H17NO5S. The first-order valence-corrected chi connectivity index (χ1v) is 10.3. The fourth-order valence-corrected chi connectivity index (χ4v) is 4.62. The highest BCUT2D eigenvalue weighted by molar-refractivity contribution is 7.89. The average Bonchev–Trinajstić information content (AvgIpc) is 2.76. The number of methoxy groups -OCH3 is 1. The number of ether oxygens (including phenoxy) is 1. The number of rotatable bonds is 5. The predicted molar refractivity (Wildman–Crippen MR) is 107 cm³/mol. The zero-order chi connectivity index (χ0) is 20.6. The quantitative estimate of drug-likeness (QED) is 0.549. The molecule has 4 rings (SSSR count). The Kier molecular flexibility index (Phi) is 4.77. The summed E-state index contributed by atoms with van der Waals surface area (Å²) in [6, 6.07) is 17.7. The molecule has 3 aromatic carbocycles. The number of fused-ring (bicyclic) bond motifs is 2. The van der Waals surface area contributed by atoms with Crippen LogP contribution in [0.25, 0.3) is 0 Å². The largest absolute Gasteiger partial charge is 0.497 e. The smallest absolute Gasteiger partial charge is 0.241 e. The Morgan fingerprint density at radius 1 is 0.828 bits per heavy atom. The van der Waals surface area contributed by atoms with Crippen LogP contribution in [-0.2, 0) is 16.6 Å². The molecule has 0 heterocycles. The van der Waals surface area contributed by atoms with Gasteiger partial charge in [-0.05, 0) is 23.8 Å². The first-order valence-electron chi connectivity index (χ1n) is 8.86. The van der Waals surface area contributed by atoms with Crippen LogP contribution in [0.15, 0.2) is 71.6 Å². The molecule has 0 saturated heterocycles. The Hall–Kier alpha value is -3.29. The average molecular weight is 407 g/mol. The van der Waals surface area contributed by atoms with Crippen LogP contribution in [0.4, 0.5) is 0 Å². The summed E-state index contributed by atoms with van der Waals surface area (Å²) < 4.78 is 33.6. The fourth-order valence-electron chi connectivity index (χ4n) is 3.38. The summed E-state index contributed by atoms with van der Waals surface area (Å²) in [5, 5.41) is 0. The number of nitrogens with one attached hydrogen (secondary N) is 1. The van der Waals surface area contributed by atoms with Gasteiger partial charge in [0.1, 0.15) is 5.75 Å². The standard InChI is InChI=1S/C22H17NO5S/c1-28-15-7-4-6-14(12-15)13-23-29(26,27)19-11-5-10-18-20(19)22(25)17-9-3-2-8-16(17)21(18)24/h2-12,23H,13H2,1H3. The van der Waals surface area contributed by atoms with Gasteiger partial charge in [-0.3, -0.25) is 9.59 Å². The van der Waals surface area contributed by atoms with Crippen LogP contribution in [0.5, 0.6) is 5.75 Å². The van der Waals surface area contributed by atoms with Gasteiger partial charge in [-0.15, -0.1) is 0 Å². The lowest BCUT2D eigenvalue weighted by atomic mass is 9.84. The molecule has 0 saturated carbocycles. The molecule has 0 amide bonds. The normalized spacial score (nSPS) is 13.0. The Labute approximate surface area is 168 Å². The summed E-state index contributed by atoms with van der Waals surface area (Å²) in [5.41, 5.74) is 1.20. The van der Waals surface area contributed by atoms with Gasteiger partial charge >= 0.3 is 0 Å². The van der Waals surface area contributed by atoms with Crippen molar-refractivity contribution < 1.29 is 22.7 Å². The number of hydrogen-bond acceptors (Lipinski definition) is 5. The van der Waals surface area contributed by atoms with Gasteiger partial charge in [0.2, 0.25) is 10.0 Å². The number of hydrogen-bond donors (Lipinski definition) is 1. The van der Waals surface area contributed by atoms with E-state index in [2.05, 4.69) is 4.72 Å². The molecule has 0 radical (unpaired) electrons. The molecule has 146 valence electrons. The van der Waals surface area contributed by atoms with E-state index in [1.165, 1.54) is 31.4 Å². The van der Waals surface area contributed by atoms with Gasteiger partial charge in [0.05, 0.1) is 17.6 Å². The maximum absolute atomic E-state index is 13.0. The molecule has 29 heavy (non-hydrogen) atoms. The molecule has 0 atom stereocenters. The number of sulfonamides is 1. The summed E-state index contributed by atoms with van der Waals surface area (Å²) in [6.45, 7) is 0.0158. The Morgan fingerprint density at radius 3 is 2.21 bits per heavy atom. The van der Waals surface area contributed by atoms with Gasteiger partial charge in [-0.2, -0.15) is 0 Å². The summed E-state index contributed by atoms with van der Waals surface area (Å²) in [7, 11) is -2.51. The lowest BCUT2D eigenvalue weighted by Gasteiger charge is -2.20. The van der Waals surface area contributed by atoms with Crippen LogP contribution in [0.3, 0.4) is 0 Å². The van der Waals surface area contributed by atoms with Gasteiger partial charge in [0, 0.05) is 23.2 Å². The second-order valence-corrected chi connectivity index (χ2v) is 8.29. The van der Waals surface area contributed by atoms with Gasteiger partial charge in [-0.25, -0.2) is 13.1 Å². The third-order valence-corrected chi connectivity index (χ3v) is 6.25. The van der Waals surface area contributed by atoms with Crippen molar-refractivity contribution >= 4 is 21.6 Å². The first kappa shape index (κ1) is 19.0. The summed E-state index contributed by atoms with van der Waals surface area (Å²) in [5.74, 6) is -0.228. The van der Waals surface area contributed by atoms with Crippen LogP contribution in [0, 0.1) is 0 Å². The second-order valence-electron chi connectivity index (χ2n) is 6.56. The number of benzene rings is 3. The van der Waals surface area contributed by atoms with Gasteiger partial charge < -0.3 is 4.74 Å². The van der Waals surface area contributed by atoms with Crippen LogP contribution in [-0.4, -0.2) is 27.1 Å². The van der Waals surface area contributed by atoms with E-state index in [1.54, 1.807) is 42.5 Å². The highest BCUT2D eigenvalue weighted by Gasteiger charge is 2.34. The zero-order valence-corrected chi connectivity index (χ0v) is 16.3. The minimum absolute atomic E-state index is 0.0158. The van der Waals surface area contributed by atoms with E-state index < -0.39 is 15.8 Å². The topological polar surface area (TPSA) is 89.5 Å². The van der Waals surface area contributed by atoms with E-state index in [0.29, 0.717) is 11.3 Å². The van der Waals surface area contributed by atoms with E-state index in [1.807, 2.05) is 0 Å². The monoisotopic (exact) mass is 407 g/mol. The van der Waals surface area contributed by atoms with Crippen molar-refractivity contribution in [2.75, 3.05) is 7.11 Å². The third-order valence-electron chi connectivity index (χ3n) is 4.80. The van der Waals surface area contributed by atoms with Crippen LogP contribution >= 0.6 is 0 Å². The molecule has 0 spiro atoms. The van der Waals surface area contributed by atoms with Gasteiger partial charge in [-0.1, -0.05) is 48.5 Å². The van der Waals surface area contributed by atoms with Crippen molar-refractivity contribution in [1.82, 2.24) is 4.72 Å². The number of carbonyl (C=O) groups excluding carboxylic acids is 2. The maximum Gasteiger partial charge on any atom is 0.241 e. The highest BCUT2D eigenvalue weighted by Crippen LogP contribution is 2.31. The third kappa shape index (κ3) is 3.35. The van der Waals surface area contributed by atoms with Crippen molar-refractivity contribution in [2.24, 2.45) is 0 Å². The van der Waals surface area contributed by atoms with Crippen LogP contribution < -0.4 is 9.46 Å². The molecule has 6 nitrogen and oxygen atoms in total. The van der Waals surface area contributed by atoms with Crippen molar-refractivity contribution in [1.29, 1.82) is 0 Å². The van der Waals surface area contributed by atoms with Crippen LogP contribution in [0.2, 0.25) is 0 Å². The van der Waals surface area contributed by atoms with Gasteiger partial charge in [0.25, 0.3) is 0 Å². The van der Waals surface area contributed by atoms with Crippen molar-refractivity contribution in [3.63, 3.8) is 0 Å². The maximum atomic E-state index is 13.0. The Bertz CT molecular complexity index is 1250. The lowest BCUT2D eigenvalue weighted by Crippen LogP contribution is -2.29. The number of carbonyl (C=O) groups is 2. The highest BCUT2D eigenvalue weighted by atomic mass is 32.2. The SMILES string of the molecule is COc1cccc(CNS(=O)(=O)c2cccc3c2C(=O)c2ccccc2C3=O)c1. The van der Waals surface area contributed by atoms with E-state index in [0.717, 1.165) is 0 Å². The summed E-state index contributed by atoms with van der Waals surface area (Å²) >= 11 is 0. The Morgan fingerprint density at radius 2 is 1.48 bits per heavy atom. The second kappa shape index (κ2) is 7.27. The number of ketones is 2. The van der Waals surface area contributed by atoms with Crippen molar-refractivity contribution in [3.8, 4) is 5.75 Å². The molecule has 7 heteroatoms. The van der Waals surface area contributed by atoms with E-state index in [-0.39, 0.29) is 39.5 Å². The van der Waals surface area contributed by atoms with Gasteiger partial charge in [0.15, 0.2) is 11.6 Å². The van der Waals surface area contributed by atoms with Crippen molar-refractivity contribution in [3.05, 3.63) is 94.5 Å². The minimum atomic E-state index is -4.04. The summed E-state index contributed by atoms with van der Waals surface area (Å²) in [4.78, 5) is 25.6. The molecular weight excluding hydrogens is 390 g/mol. The molecule has 1 N–H and O–H groups in total. The molecule has 0 bridgehead atoms. The van der Waals surface area contributed by atoms with E-state index in [9.17, 15) is 18.0 Å². The molecule has 0 fully saturated rings. The minimum Gasteiger partial charge on any atom is -0.497 e.